The highest BCUT2D eigenvalue weighted by molar-refractivity contribution is 7.25. The van der Waals surface area contributed by atoms with Crippen LogP contribution in [0.25, 0.3) is 80.7 Å². The number of hydrogen-bond donors (Lipinski definition) is 0. The van der Waals surface area contributed by atoms with Crippen molar-refractivity contribution in [3.8, 4) is 27.9 Å². The first-order chi connectivity index (χ1) is 27.3. The van der Waals surface area contributed by atoms with Crippen LogP contribution in [0.15, 0.2) is 206 Å². The summed E-state index contributed by atoms with van der Waals surface area (Å²) in [5.41, 5.74) is 11.6. The monoisotopic (exact) mass is 718 g/mol. The highest BCUT2D eigenvalue weighted by Gasteiger charge is 2.23. The van der Waals surface area contributed by atoms with Crippen LogP contribution in [0.2, 0.25) is 0 Å². The molecular formula is C52H34N2S. The maximum absolute atomic E-state index is 2.45. The second kappa shape index (κ2) is 12.9. The summed E-state index contributed by atoms with van der Waals surface area (Å²) >= 11 is 1.87. The van der Waals surface area contributed by atoms with Crippen molar-refractivity contribution in [1.82, 2.24) is 4.57 Å². The molecule has 0 spiro atoms. The number of hydrogen-bond acceptors (Lipinski definition) is 2. The predicted molar refractivity (Wildman–Crippen MR) is 237 cm³/mol. The lowest BCUT2D eigenvalue weighted by Crippen LogP contribution is -2.12. The van der Waals surface area contributed by atoms with Crippen LogP contribution in [0.3, 0.4) is 0 Å². The molecule has 3 heteroatoms. The number of thiophene rings is 1. The number of fused-ring (bicyclic) bond motifs is 7. The predicted octanol–water partition coefficient (Wildman–Crippen LogP) is 15.1. The minimum atomic E-state index is 1.09. The zero-order valence-corrected chi connectivity index (χ0v) is 30.7. The standard InChI is InChI=1S/C52H34N2S/c1-3-14-36(15-4-1)42-18-7-10-22-47(42)53(49-24-13-21-45-43-19-8-11-23-48(43)54(52(45)49)40-16-5-2-6-17-40)41-30-28-35(29-31-41)37-26-27-38-33-46-44-20-9-12-25-50(44)55-51(46)34-39(38)32-37/h1-34H. The Morgan fingerprint density at radius 1 is 0.382 bits per heavy atom. The second-order valence-electron chi connectivity index (χ2n) is 14.1. The highest BCUT2D eigenvalue weighted by Crippen LogP contribution is 2.46. The average molecular weight is 719 g/mol. The average Bonchev–Trinajstić information content (AvgIpc) is 3.79. The third-order valence-corrected chi connectivity index (χ3v) is 12.1. The molecule has 258 valence electrons. The first-order valence-corrected chi connectivity index (χ1v) is 19.6. The topological polar surface area (TPSA) is 8.17 Å². The molecule has 0 N–H and O–H groups in total. The molecular weight excluding hydrogens is 685 g/mol. The van der Waals surface area contributed by atoms with Gasteiger partial charge >= 0.3 is 0 Å². The Balaban J connectivity index is 1.11. The number of anilines is 3. The maximum atomic E-state index is 2.45. The second-order valence-corrected chi connectivity index (χ2v) is 15.2. The van der Waals surface area contributed by atoms with E-state index in [1.807, 2.05) is 11.3 Å². The summed E-state index contributed by atoms with van der Waals surface area (Å²) in [6, 6.07) is 75.2. The summed E-state index contributed by atoms with van der Waals surface area (Å²) in [6.45, 7) is 0. The Kier molecular flexibility index (Phi) is 7.39. The minimum absolute atomic E-state index is 1.09. The Morgan fingerprint density at radius 3 is 1.91 bits per heavy atom. The molecule has 0 bridgehead atoms. The van der Waals surface area contributed by atoms with Gasteiger partial charge in [0.15, 0.2) is 0 Å². The summed E-state index contributed by atoms with van der Waals surface area (Å²) in [7, 11) is 0. The molecule has 9 aromatic carbocycles. The van der Waals surface area contributed by atoms with Gasteiger partial charge < -0.3 is 9.47 Å². The van der Waals surface area contributed by atoms with Crippen LogP contribution >= 0.6 is 11.3 Å². The van der Waals surface area contributed by atoms with Gasteiger partial charge in [0, 0.05) is 47.9 Å². The fourth-order valence-corrected chi connectivity index (χ4v) is 9.55. The zero-order chi connectivity index (χ0) is 36.3. The van der Waals surface area contributed by atoms with Gasteiger partial charge in [-0.15, -0.1) is 11.3 Å². The third kappa shape index (κ3) is 5.24. The minimum Gasteiger partial charge on any atom is -0.308 e. The Morgan fingerprint density at radius 2 is 1.05 bits per heavy atom. The third-order valence-electron chi connectivity index (χ3n) is 11.0. The van der Waals surface area contributed by atoms with E-state index in [2.05, 4.69) is 216 Å². The van der Waals surface area contributed by atoms with Crippen LogP contribution in [0.5, 0.6) is 0 Å². The molecule has 0 aliphatic heterocycles. The van der Waals surface area contributed by atoms with Gasteiger partial charge in [-0.25, -0.2) is 0 Å². The molecule has 0 saturated heterocycles. The summed E-state index contributed by atoms with van der Waals surface area (Å²) < 4.78 is 5.09. The number of benzene rings is 9. The van der Waals surface area contributed by atoms with Gasteiger partial charge in [0.05, 0.1) is 22.4 Å². The van der Waals surface area contributed by atoms with Gasteiger partial charge in [-0.3, -0.25) is 0 Å². The quantitative estimate of drug-likeness (QED) is 0.166. The van der Waals surface area contributed by atoms with Crippen LogP contribution in [-0.2, 0) is 0 Å². The zero-order valence-electron chi connectivity index (χ0n) is 29.9. The Bertz CT molecular complexity index is 3190. The van der Waals surface area contributed by atoms with Crippen molar-refractivity contribution in [3.63, 3.8) is 0 Å². The summed E-state index contributed by atoms with van der Waals surface area (Å²) in [5, 5.41) is 7.66. The molecule has 2 aromatic heterocycles. The molecule has 0 radical (unpaired) electrons. The van der Waals surface area contributed by atoms with E-state index in [1.165, 1.54) is 75.0 Å². The summed E-state index contributed by atoms with van der Waals surface area (Å²) in [5.74, 6) is 0. The Labute approximate surface area is 323 Å². The van der Waals surface area contributed by atoms with E-state index in [-0.39, 0.29) is 0 Å². The van der Waals surface area contributed by atoms with E-state index >= 15 is 0 Å². The van der Waals surface area contributed by atoms with E-state index in [0.717, 1.165) is 22.7 Å². The molecule has 0 saturated carbocycles. The number of rotatable bonds is 6. The van der Waals surface area contributed by atoms with Crippen molar-refractivity contribution in [2.45, 2.75) is 0 Å². The molecule has 0 amide bonds. The van der Waals surface area contributed by atoms with Crippen molar-refractivity contribution >= 4 is 81.1 Å². The van der Waals surface area contributed by atoms with Crippen molar-refractivity contribution < 1.29 is 0 Å². The normalized spacial score (nSPS) is 11.6. The fraction of sp³-hybridized carbons (Fsp3) is 0. The SMILES string of the molecule is c1ccc(-c2ccccc2N(c2ccc(-c3ccc4cc5c(cc4c3)sc3ccccc35)cc2)c2cccc3c4ccccc4n(-c4ccccc4)c23)cc1. The number of aromatic nitrogens is 1. The molecule has 0 unspecified atom stereocenters. The van der Waals surface area contributed by atoms with Crippen LogP contribution in [0, 0.1) is 0 Å². The molecule has 0 aliphatic carbocycles. The van der Waals surface area contributed by atoms with E-state index < -0.39 is 0 Å². The molecule has 11 aromatic rings. The lowest BCUT2D eigenvalue weighted by molar-refractivity contribution is 1.17. The highest BCUT2D eigenvalue weighted by atomic mass is 32.1. The van der Waals surface area contributed by atoms with E-state index in [4.69, 9.17) is 0 Å². The van der Waals surface area contributed by atoms with Crippen LogP contribution in [-0.4, -0.2) is 4.57 Å². The molecule has 0 fully saturated rings. The number of para-hydroxylation sites is 4. The fourth-order valence-electron chi connectivity index (χ4n) is 8.42. The van der Waals surface area contributed by atoms with Gasteiger partial charge in [0.2, 0.25) is 0 Å². The maximum Gasteiger partial charge on any atom is 0.0782 e. The molecule has 55 heavy (non-hydrogen) atoms. The van der Waals surface area contributed by atoms with Crippen LogP contribution < -0.4 is 4.90 Å². The lowest BCUT2D eigenvalue weighted by Gasteiger charge is -2.29. The van der Waals surface area contributed by atoms with Gasteiger partial charge in [-0.1, -0.05) is 140 Å². The van der Waals surface area contributed by atoms with Gasteiger partial charge in [0.1, 0.15) is 0 Å². The largest absolute Gasteiger partial charge is 0.308 e. The van der Waals surface area contributed by atoms with Gasteiger partial charge in [-0.05, 0) is 94.2 Å². The van der Waals surface area contributed by atoms with Crippen molar-refractivity contribution in [1.29, 1.82) is 0 Å². The molecule has 2 nitrogen and oxygen atoms in total. The van der Waals surface area contributed by atoms with Crippen molar-refractivity contribution in [2.75, 3.05) is 4.90 Å². The van der Waals surface area contributed by atoms with Crippen LogP contribution in [0.4, 0.5) is 17.1 Å². The summed E-state index contributed by atoms with van der Waals surface area (Å²) in [4.78, 5) is 2.45. The van der Waals surface area contributed by atoms with Crippen molar-refractivity contribution in [2.24, 2.45) is 0 Å². The smallest absolute Gasteiger partial charge is 0.0782 e. The Hall–Kier alpha value is -6.94. The first kappa shape index (κ1) is 31.6. The lowest BCUT2D eigenvalue weighted by atomic mass is 9.99. The molecule has 0 aliphatic rings. The molecule has 2 heterocycles. The van der Waals surface area contributed by atoms with Gasteiger partial charge in [-0.2, -0.15) is 0 Å². The first-order valence-electron chi connectivity index (χ1n) is 18.8. The van der Waals surface area contributed by atoms with E-state index in [9.17, 15) is 0 Å². The molecule has 0 atom stereocenters. The van der Waals surface area contributed by atoms with Gasteiger partial charge in [0.25, 0.3) is 0 Å². The van der Waals surface area contributed by atoms with E-state index in [1.54, 1.807) is 0 Å². The van der Waals surface area contributed by atoms with Crippen molar-refractivity contribution in [3.05, 3.63) is 206 Å². The molecule has 11 rings (SSSR count). The number of nitrogens with zero attached hydrogens (tertiary/aromatic N) is 2. The summed E-state index contributed by atoms with van der Waals surface area (Å²) in [6.07, 6.45) is 0. The van der Waals surface area contributed by atoms with Crippen LogP contribution in [0.1, 0.15) is 0 Å². The van der Waals surface area contributed by atoms with E-state index in [0.29, 0.717) is 0 Å².